The second-order valence-corrected chi connectivity index (χ2v) is 7.25. The minimum atomic E-state index is 0.513. The summed E-state index contributed by atoms with van der Waals surface area (Å²) in [6.45, 7) is 9.96. The molecule has 27 heavy (non-hydrogen) atoms. The van der Waals surface area contributed by atoms with Crippen LogP contribution in [0.2, 0.25) is 0 Å². The molecule has 144 valence electrons. The minimum Gasteiger partial charge on any atom is -0.493 e. The molecule has 2 aromatic rings. The lowest BCUT2D eigenvalue weighted by Gasteiger charge is -2.35. The van der Waals surface area contributed by atoms with Gasteiger partial charge in [-0.25, -0.2) is 0 Å². The number of nitrogens with zero attached hydrogens (tertiary/aromatic N) is 2. The third kappa shape index (κ3) is 4.99. The van der Waals surface area contributed by atoms with E-state index in [0.717, 1.165) is 54.6 Å². The highest BCUT2D eigenvalue weighted by molar-refractivity contribution is 7.80. The molecule has 0 aromatic heterocycles. The SMILES string of the molecule is CCN1CCN(C(=S)c2ccc(OCc3ccc(C)cc3)c(OC)c2)CC1. The minimum absolute atomic E-state index is 0.513. The monoisotopic (exact) mass is 384 g/mol. The molecule has 1 aliphatic heterocycles. The van der Waals surface area contributed by atoms with Crippen molar-refractivity contribution in [3.05, 3.63) is 59.2 Å². The Labute approximate surface area is 167 Å². The molecule has 0 unspecified atom stereocenters. The Morgan fingerprint density at radius 2 is 1.70 bits per heavy atom. The number of methoxy groups -OCH3 is 1. The maximum Gasteiger partial charge on any atom is 0.161 e. The van der Waals surface area contributed by atoms with Crippen LogP contribution in [0.3, 0.4) is 0 Å². The van der Waals surface area contributed by atoms with Crippen LogP contribution in [0.1, 0.15) is 23.6 Å². The van der Waals surface area contributed by atoms with E-state index < -0.39 is 0 Å². The molecule has 0 radical (unpaired) electrons. The third-order valence-electron chi connectivity index (χ3n) is 5.03. The molecule has 1 heterocycles. The zero-order valence-electron chi connectivity index (χ0n) is 16.4. The van der Waals surface area contributed by atoms with Gasteiger partial charge in [-0.1, -0.05) is 49.0 Å². The van der Waals surface area contributed by atoms with Crippen LogP contribution in [0.25, 0.3) is 0 Å². The van der Waals surface area contributed by atoms with Gasteiger partial charge in [-0.05, 0) is 37.2 Å². The van der Waals surface area contributed by atoms with Crippen LogP contribution in [0.5, 0.6) is 11.5 Å². The van der Waals surface area contributed by atoms with Gasteiger partial charge in [-0.3, -0.25) is 0 Å². The van der Waals surface area contributed by atoms with Gasteiger partial charge in [0.1, 0.15) is 11.6 Å². The van der Waals surface area contributed by atoms with E-state index in [1.54, 1.807) is 7.11 Å². The Morgan fingerprint density at radius 3 is 2.33 bits per heavy atom. The van der Waals surface area contributed by atoms with Gasteiger partial charge in [0.25, 0.3) is 0 Å². The van der Waals surface area contributed by atoms with E-state index in [1.165, 1.54) is 5.56 Å². The van der Waals surface area contributed by atoms with Crippen molar-refractivity contribution in [2.45, 2.75) is 20.5 Å². The van der Waals surface area contributed by atoms with Gasteiger partial charge in [-0.15, -0.1) is 0 Å². The van der Waals surface area contributed by atoms with Crippen LogP contribution in [0.15, 0.2) is 42.5 Å². The van der Waals surface area contributed by atoms with E-state index in [9.17, 15) is 0 Å². The molecule has 1 fully saturated rings. The lowest BCUT2D eigenvalue weighted by atomic mass is 10.1. The number of likely N-dealkylation sites (N-methyl/N-ethyl adjacent to an activating group) is 1. The summed E-state index contributed by atoms with van der Waals surface area (Å²) in [5.74, 6) is 1.45. The first-order valence-electron chi connectivity index (χ1n) is 9.48. The zero-order valence-corrected chi connectivity index (χ0v) is 17.2. The number of hydrogen-bond donors (Lipinski definition) is 0. The second kappa shape index (κ2) is 9.20. The van der Waals surface area contributed by atoms with E-state index >= 15 is 0 Å². The van der Waals surface area contributed by atoms with Crippen LogP contribution in [0.4, 0.5) is 0 Å². The molecule has 2 aromatic carbocycles. The van der Waals surface area contributed by atoms with Gasteiger partial charge in [0.2, 0.25) is 0 Å². The molecule has 1 saturated heterocycles. The van der Waals surface area contributed by atoms with Crippen LogP contribution in [-0.4, -0.2) is 54.6 Å². The molecule has 4 nitrogen and oxygen atoms in total. The second-order valence-electron chi connectivity index (χ2n) is 6.87. The molecule has 0 atom stereocenters. The Bertz CT molecular complexity index is 768. The van der Waals surface area contributed by atoms with Crippen molar-refractivity contribution < 1.29 is 9.47 Å². The Kier molecular flexibility index (Phi) is 6.69. The summed E-state index contributed by atoms with van der Waals surface area (Å²) < 4.78 is 11.5. The summed E-state index contributed by atoms with van der Waals surface area (Å²) in [4.78, 5) is 5.61. The van der Waals surface area contributed by atoms with E-state index in [0.29, 0.717) is 12.4 Å². The summed E-state index contributed by atoms with van der Waals surface area (Å²) in [5.41, 5.74) is 3.39. The fraction of sp³-hybridized carbons (Fsp3) is 0.409. The summed E-state index contributed by atoms with van der Waals surface area (Å²) in [7, 11) is 1.67. The number of ether oxygens (including phenoxy) is 2. The van der Waals surface area contributed by atoms with Gasteiger partial charge >= 0.3 is 0 Å². The van der Waals surface area contributed by atoms with E-state index in [-0.39, 0.29) is 0 Å². The molecule has 0 amide bonds. The van der Waals surface area contributed by atoms with E-state index in [2.05, 4.69) is 47.9 Å². The van der Waals surface area contributed by atoms with Gasteiger partial charge in [0.15, 0.2) is 11.5 Å². The quantitative estimate of drug-likeness (QED) is 0.704. The lowest BCUT2D eigenvalue weighted by molar-refractivity contribution is 0.192. The van der Waals surface area contributed by atoms with E-state index in [1.807, 2.05) is 18.2 Å². The zero-order chi connectivity index (χ0) is 19.2. The first kappa shape index (κ1) is 19.6. The van der Waals surface area contributed by atoms with Crippen LogP contribution in [-0.2, 0) is 6.61 Å². The highest BCUT2D eigenvalue weighted by Gasteiger charge is 2.19. The summed E-state index contributed by atoms with van der Waals surface area (Å²) in [5, 5.41) is 0. The molecule has 5 heteroatoms. The number of aryl methyl sites for hydroxylation is 1. The summed E-state index contributed by atoms with van der Waals surface area (Å²) in [6, 6.07) is 14.3. The fourth-order valence-corrected chi connectivity index (χ4v) is 3.52. The van der Waals surface area contributed by atoms with Crippen molar-refractivity contribution in [1.82, 2.24) is 9.80 Å². The van der Waals surface area contributed by atoms with Crippen molar-refractivity contribution in [3.8, 4) is 11.5 Å². The molecule has 0 aliphatic carbocycles. The average Bonchev–Trinajstić information content (AvgIpc) is 2.72. The average molecular weight is 385 g/mol. The fourth-order valence-electron chi connectivity index (χ4n) is 3.22. The smallest absolute Gasteiger partial charge is 0.161 e. The van der Waals surface area contributed by atoms with Crippen molar-refractivity contribution in [3.63, 3.8) is 0 Å². The highest BCUT2D eigenvalue weighted by atomic mass is 32.1. The number of thiocarbonyl (C=S) groups is 1. The number of benzene rings is 2. The Morgan fingerprint density at radius 1 is 1.00 bits per heavy atom. The standard InChI is InChI=1S/C22H28N2O2S/c1-4-23-11-13-24(14-12-23)22(27)19-9-10-20(21(15-19)25-3)26-16-18-7-5-17(2)6-8-18/h5-10,15H,4,11-14,16H2,1-3H3. The van der Waals surface area contributed by atoms with Crippen LogP contribution < -0.4 is 9.47 Å². The molecule has 0 bridgehead atoms. The topological polar surface area (TPSA) is 24.9 Å². The molecule has 0 N–H and O–H groups in total. The van der Waals surface area contributed by atoms with Gasteiger partial charge in [-0.2, -0.15) is 0 Å². The van der Waals surface area contributed by atoms with Crippen molar-refractivity contribution >= 4 is 17.2 Å². The molecule has 0 saturated carbocycles. The maximum atomic E-state index is 5.97. The van der Waals surface area contributed by atoms with Crippen molar-refractivity contribution in [1.29, 1.82) is 0 Å². The number of rotatable bonds is 6. The van der Waals surface area contributed by atoms with Crippen LogP contribution in [0, 0.1) is 6.92 Å². The maximum absolute atomic E-state index is 5.97. The first-order valence-corrected chi connectivity index (χ1v) is 9.89. The molecule has 1 aliphatic rings. The number of hydrogen-bond acceptors (Lipinski definition) is 4. The first-order chi connectivity index (χ1) is 13.1. The number of piperazine rings is 1. The van der Waals surface area contributed by atoms with E-state index in [4.69, 9.17) is 21.7 Å². The predicted molar refractivity (Wildman–Crippen MR) is 114 cm³/mol. The Balaban J connectivity index is 1.66. The molecule has 3 rings (SSSR count). The molecule has 0 spiro atoms. The highest BCUT2D eigenvalue weighted by Crippen LogP contribution is 2.29. The molecular formula is C22H28N2O2S. The lowest BCUT2D eigenvalue weighted by Crippen LogP contribution is -2.48. The predicted octanol–water partition coefficient (Wildman–Crippen LogP) is 3.90. The van der Waals surface area contributed by atoms with Gasteiger partial charge in [0, 0.05) is 31.7 Å². The van der Waals surface area contributed by atoms with Crippen LogP contribution >= 0.6 is 12.2 Å². The normalized spacial score (nSPS) is 14.9. The van der Waals surface area contributed by atoms with Crippen molar-refractivity contribution in [2.75, 3.05) is 39.8 Å². The third-order valence-corrected chi connectivity index (χ3v) is 5.53. The summed E-state index contributed by atoms with van der Waals surface area (Å²) in [6.07, 6.45) is 0. The van der Waals surface area contributed by atoms with Crippen molar-refractivity contribution in [2.24, 2.45) is 0 Å². The largest absolute Gasteiger partial charge is 0.493 e. The summed E-state index contributed by atoms with van der Waals surface area (Å²) >= 11 is 5.73. The van der Waals surface area contributed by atoms with Gasteiger partial charge < -0.3 is 19.3 Å². The Hall–Kier alpha value is -2.11. The van der Waals surface area contributed by atoms with Gasteiger partial charge in [0.05, 0.1) is 7.11 Å². The molecular weight excluding hydrogens is 356 g/mol.